The van der Waals surface area contributed by atoms with Crippen LogP contribution in [0.4, 0.5) is 5.69 Å². The van der Waals surface area contributed by atoms with Gasteiger partial charge in [-0.05, 0) is 6.07 Å². The first-order valence-corrected chi connectivity index (χ1v) is 4.57. The highest BCUT2D eigenvalue weighted by Crippen LogP contribution is 2.10. The predicted molar refractivity (Wildman–Crippen MR) is 58.5 cm³/mol. The molecular formula is C12H10N2O. The summed E-state index contributed by atoms with van der Waals surface area (Å²) in [6, 6.07) is 10.7. The van der Waals surface area contributed by atoms with Crippen LogP contribution in [0.5, 0.6) is 0 Å². The van der Waals surface area contributed by atoms with Gasteiger partial charge in [-0.15, -0.1) is 0 Å². The lowest BCUT2D eigenvalue weighted by Gasteiger charge is -2.00. The zero-order chi connectivity index (χ0) is 10.7. The van der Waals surface area contributed by atoms with Crippen LogP contribution >= 0.6 is 0 Å². The van der Waals surface area contributed by atoms with E-state index in [4.69, 9.17) is 5.73 Å². The molecule has 0 aliphatic heterocycles. The van der Waals surface area contributed by atoms with Crippen LogP contribution in [-0.4, -0.2) is 10.8 Å². The van der Waals surface area contributed by atoms with E-state index in [9.17, 15) is 4.79 Å². The van der Waals surface area contributed by atoms with Gasteiger partial charge in [-0.25, -0.2) is 0 Å². The fraction of sp³-hybridized carbons (Fsp3) is 0. The molecule has 0 unspecified atom stereocenters. The van der Waals surface area contributed by atoms with E-state index in [0.717, 1.165) is 0 Å². The molecule has 2 rings (SSSR count). The van der Waals surface area contributed by atoms with Crippen LogP contribution in [0.25, 0.3) is 0 Å². The second kappa shape index (κ2) is 3.92. The number of nitrogens with zero attached hydrogens (tertiary/aromatic N) is 1. The Morgan fingerprint density at radius 3 is 2.47 bits per heavy atom. The van der Waals surface area contributed by atoms with Gasteiger partial charge in [-0.2, -0.15) is 0 Å². The number of anilines is 1. The monoisotopic (exact) mass is 198 g/mol. The molecule has 15 heavy (non-hydrogen) atoms. The van der Waals surface area contributed by atoms with Crippen molar-refractivity contribution in [2.75, 3.05) is 5.73 Å². The SMILES string of the molecule is Nc1cncc(C(=O)c2ccccc2)c1. The normalized spacial score (nSPS) is 9.87. The summed E-state index contributed by atoms with van der Waals surface area (Å²) in [5.41, 5.74) is 7.22. The Kier molecular flexibility index (Phi) is 2.46. The number of nitrogen functional groups attached to an aromatic ring is 1. The summed E-state index contributed by atoms with van der Waals surface area (Å²) in [5, 5.41) is 0. The van der Waals surface area contributed by atoms with Crippen LogP contribution in [0.3, 0.4) is 0 Å². The molecule has 1 aromatic carbocycles. The molecule has 0 saturated heterocycles. The molecule has 2 N–H and O–H groups in total. The van der Waals surface area contributed by atoms with Crippen molar-refractivity contribution in [2.24, 2.45) is 0 Å². The Morgan fingerprint density at radius 1 is 1.07 bits per heavy atom. The Morgan fingerprint density at radius 2 is 1.80 bits per heavy atom. The third-order valence-electron chi connectivity index (χ3n) is 2.06. The Bertz CT molecular complexity index is 480. The van der Waals surface area contributed by atoms with E-state index in [2.05, 4.69) is 4.98 Å². The maximum atomic E-state index is 11.9. The van der Waals surface area contributed by atoms with Crippen LogP contribution in [0.2, 0.25) is 0 Å². The van der Waals surface area contributed by atoms with Crippen molar-refractivity contribution < 1.29 is 4.79 Å². The van der Waals surface area contributed by atoms with Crippen molar-refractivity contribution in [2.45, 2.75) is 0 Å². The standard InChI is InChI=1S/C12H10N2O/c13-11-6-10(7-14-8-11)12(15)9-4-2-1-3-5-9/h1-8H,13H2. The number of nitrogens with two attached hydrogens (primary N) is 1. The van der Waals surface area contributed by atoms with Crippen LogP contribution in [0.15, 0.2) is 48.8 Å². The number of ketones is 1. The summed E-state index contributed by atoms with van der Waals surface area (Å²) in [6.07, 6.45) is 3.04. The molecule has 0 fully saturated rings. The lowest BCUT2D eigenvalue weighted by atomic mass is 10.1. The first kappa shape index (κ1) is 9.40. The lowest BCUT2D eigenvalue weighted by molar-refractivity contribution is 0.103. The molecule has 0 saturated carbocycles. The van der Waals surface area contributed by atoms with Crippen LogP contribution in [0, 0.1) is 0 Å². The molecule has 0 spiro atoms. The number of carbonyl (C=O) groups excluding carboxylic acids is 1. The number of carbonyl (C=O) groups is 1. The van der Waals surface area contributed by atoms with E-state index in [0.29, 0.717) is 16.8 Å². The topological polar surface area (TPSA) is 56.0 Å². The zero-order valence-electron chi connectivity index (χ0n) is 8.05. The largest absolute Gasteiger partial charge is 0.397 e. The molecule has 1 aromatic heterocycles. The summed E-state index contributed by atoms with van der Waals surface area (Å²) < 4.78 is 0. The number of hydrogen-bond acceptors (Lipinski definition) is 3. The maximum absolute atomic E-state index is 11.9. The fourth-order valence-electron chi connectivity index (χ4n) is 1.34. The van der Waals surface area contributed by atoms with Gasteiger partial charge in [0, 0.05) is 23.5 Å². The first-order valence-electron chi connectivity index (χ1n) is 4.57. The minimum atomic E-state index is -0.0598. The van der Waals surface area contributed by atoms with Gasteiger partial charge in [0.15, 0.2) is 5.78 Å². The first-order chi connectivity index (χ1) is 7.27. The molecule has 74 valence electrons. The van der Waals surface area contributed by atoms with Gasteiger partial charge < -0.3 is 5.73 Å². The van der Waals surface area contributed by atoms with Gasteiger partial charge >= 0.3 is 0 Å². The molecule has 2 aromatic rings. The Labute approximate surface area is 87.6 Å². The molecule has 0 bridgehead atoms. The van der Waals surface area contributed by atoms with Crippen molar-refractivity contribution >= 4 is 11.5 Å². The average Bonchev–Trinajstić information content (AvgIpc) is 2.29. The minimum absolute atomic E-state index is 0.0598. The number of rotatable bonds is 2. The average molecular weight is 198 g/mol. The second-order valence-corrected chi connectivity index (χ2v) is 3.20. The Balaban J connectivity index is 2.37. The highest BCUT2D eigenvalue weighted by atomic mass is 16.1. The Hall–Kier alpha value is -2.16. The van der Waals surface area contributed by atoms with Crippen molar-refractivity contribution in [3.05, 3.63) is 59.9 Å². The number of hydrogen-bond donors (Lipinski definition) is 1. The van der Waals surface area contributed by atoms with Crippen molar-refractivity contribution in [1.82, 2.24) is 4.98 Å². The summed E-state index contributed by atoms with van der Waals surface area (Å²) in [6.45, 7) is 0. The van der Waals surface area contributed by atoms with Crippen LogP contribution in [0.1, 0.15) is 15.9 Å². The molecule has 3 nitrogen and oxygen atoms in total. The summed E-state index contributed by atoms with van der Waals surface area (Å²) in [4.78, 5) is 15.8. The number of benzene rings is 1. The van der Waals surface area contributed by atoms with Gasteiger partial charge in [0.2, 0.25) is 0 Å². The molecule has 3 heteroatoms. The maximum Gasteiger partial charge on any atom is 0.194 e. The van der Waals surface area contributed by atoms with Crippen LogP contribution < -0.4 is 5.73 Å². The molecule has 0 aliphatic rings. The quantitative estimate of drug-likeness (QED) is 0.750. The summed E-state index contributed by atoms with van der Waals surface area (Å²) in [5.74, 6) is -0.0598. The van der Waals surface area contributed by atoms with Gasteiger partial charge in [-0.1, -0.05) is 30.3 Å². The molecule has 0 atom stereocenters. The molecule has 0 radical (unpaired) electrons. The zero-order valence-corrected chi connectivity index (χ0v) is 8.05. The van der Waals surface area contributed by atoms with Gasteiger partial charge in [0.1, 0.15) is 0 Å². The van der Waals surface area contributed by atoms with E-state index in [1.165, 1.54) is 12.4 Å². The highest BCUT2D eigenvalue weighted by Gasteiger charge is 2.08. The number of pyridine rings is 1. The van der Waals surface area contributed by atoms with E-state index < -0.39 is 0 Å². The van der Waals surface area contributed by atoms with Gasteiger partial charge in [0.25, 0.3) is 0 Å². The van der Waals surface area contributed by atoms with E-state index >= 15 is 0 Å². The summed E-state index contributed by atoms with van der Waals surface area (Å²) in [7, 11) is 0. The van der Waals surface area contributed by atoms with Crippen molar-refractivity contribution in [1.29, 1.82) is 0 Å². The number of aromatic nitrogens is 1. The third kappa shape index (κ3) is 2.02. The molecular weight excluding hydrogens is 188 g/mol. The van der Waals surface area contributed by atoms with E-state index in [1.807, 2.05) is 18.2 Å². The van der Waals surface area contributed by atoms with E-state index in [1.54, 1.807) is 18.2 Å². The minimum Gasteiger partial charge on any atom is -0.397 e. The summed E-state index contributed by atoms with van der Waals surface area (Å²) >= 11 is 0. The smallest absolute Gasteiger partial charge is 0.194 e. The fourth-order valence-corrected chi connectivity index (χ4v) is 1.34. The highest BCUT2D eigenvalue weighted by molar-refractivity contribution is 6.09. The van der Waals surface area contributed by atoms with Crippen molar-refractivity contribution in [3.8, 4) is 0 Å². The van der Waals surface area contributed by atoms with Crippen molar-refractivity contribution in [3.63, 3.8) is 0 Å². The van der Waals surface area contributed by atoms with Gasteiger partial charge in [-0.3, -0.25) is 9.78 Å². The van der Waals surface area contributed by atoms with E-state index in [-0.39, 0.29) is 5.78 Å². The third-order valence-corrected chi connectivity index (χ3v) is 2.06. The van der Waals surface area contributed by atoms with Crippen LogP contribution in [-0.2, 0) is 0 Å². The second-order valence-electron chi connectivity index (χ2n) is 3.20. The lowest BCUT2D eigenvalue weighted by Crippen LogP contribution is -2.02. The molecule has 1 heterocycles. The molecule has 0 aliphatic carbocycles. The van der Waals surface area contributed by atoms with Gasteiger partial charge in [0.05, 0.1) is 5.69 Å². The predicted octanol–water partition coefficient (Wildman–Crippen LogP) is 1.89. The molecule has 0 amide bonds.